The van der Waals surface area contributed by atoms with Crippen molar-refractivity contribution >= 4 is 40.0 Å². The molecule has 0 aliphatic carbocycles. The van der Waals surface area contributed by atoms with Gasteiger partial charge >= 0.3 is 12.1 Å². The molecule has 2 N–H and O–H groups in total. The Hall–Kier alpha value is -3.30. The Labute approximate surface area is 228 Å². The number of hydrogen-bond acceptors (Lipinski definition) is 7. The lowest BCUT2D eigenvalue weighted by Gasteiger charge is -2.34. The van der Waals surface area contributed by atoms with Crippen LogP contribution in [0.4, 0.5) is 16.3 Å². The average Bonchev–Trinajstić information content (AvgIpc) is 3.33. The second-order valence-electron chi connectivity index (χ2n) is 9.94. The predicted octanol–water partition coefficient (Wildman–Crippen LogP) is 4.41. The molecule has 202 valence electrons. The lowest BCUT2D eigenvalue weighted by atomic mass is 10.0. The van der Waals surface area contributed by atoms with Gasteiger partial charge in [0.2, 0.25) is 0 Å². The molecule has 9 nitrogen and oxygen atoms in total. The Balaban J connectivity index is 1.47. The van der Waals surface area contributed by atoms with Crippen molar-refractivity contribution in [3.63, 3.8) is 0 Å². The van der Waals surface area contributed by atoms with Gasteiger partial charge in [-0.05, 0) is 57.3 Å². The van der Waals surface area contributed by atoms with Crippen LogP contribution in [0.5, 0.6) is 6.01 Å². The minimum absolute atomic E-state index is 0.311. The van der Waals surface area contributed by atoms with Crippen molar-refractivity contribution < 1.29 is 14.6 Å². The third-order valence-electron chi connectivity index (χ3n) is 7.61. The summed E-state index contributed by atoms with van der Waals surface area (Å²) >= 11 is 6.65. The van der Waals surface area contributed by atoms with Crippen LogP contribution >= 0.6 is 11.6 Å². The minimum atomic E-state index is -1.03. The summed E-state index contributed by atoms with van der Waals surface area (Å²) in [6.07, 6.45) is 2.01. The van der Waals surface area contributed by atoms with Gasteiger partial charge in [0.05, 0.1) is 17.3 Å². The molecule has 0 spiro atoms. The zero-order chi connectivity index (χ0) is 26.6. The summed E-state index contributed by atoms with van der Waals surface area (Å²) in [7, 11) is 2.13. The molecule has 0 unspecified atom stereocenters. The summed E-state index contributed by atoms with van der Waals surface area (Å²) in [4.78, 5) is 27.5. The lowest BCUT2D eigenvalue weighted by molar-refractivity contribution is 0.187. The van der Waals surface area contributed by atoms with E-state index in [2.05, 4.69) is 58.3 Å². The Kier molecular flexibility index (Phi) is 8.04. The van der Waals surface area contributed by atoms with Gasteiger partial charge in [-0.3, -0.25) is 0 Å². The average molecular weight is 539 g/mol. The van der Waals surface area contributed by atoms with Crippen LogP contribution in [-0.4, -0.2) is 78.5 Å². The predicted molar refractivity (Wildman–Crippen MR) is 151 cm³/mol. The molecule has 2 aliphatic rings. The third kappa shape index (κ3) is 5.59. The number of ether oxygens (including phenoxy) is 1. The number of nitrogens with one attached hydrogen (secondary N) is 1. The highest BCUT2D eigenvalue weighted by Crippen LogP contribution is 2.36. The topological polar surface area (TPSA) is 94.1 Å². The van der Waals surface area contributed by atoms with Crippen LogP contribution < -0.4 is 19.9 Å². The van der Waals surface area contributed by atoms with E-state index in [-0.39, 0.29) is 0 Å². The number of likely N-dealkylation sites (tertiary alicyclic amines) is 1. The molecule has 1 fully saturated rings. The van der Waals surface area contributed by atoms with Gasteiger partial charge in [0, 0.05) is 48.9 Å². The molecule has 1 saturated heterocycles. The van der Waals surface area contributed by atoms with E-state index in [0.29, 0.717) is 44.8 Å². The zero-order valence-corrected chi connectivity index (χ0v) is 22.7. The zero-order valence-electron chi connectivity index (χ0n) is 22.0. The smallest absolute Gasteiger partial charge is 0.404 e. The van der Waals surface area contributed by atoms with Gasteiger partial charge in [-0.15, -0.1) is 0 Å². The highest BCUT2D eigenvalue weighted by molar-refractivity contribution is 6.36. The first-order chi connectivity index (χ1) is 18.4. The first-order valence-corrected chi connectivity index (χ1v) is 13.7. The second kappa shape index (κ2) is 11.6. The fraction of sp³-hybridized carbons (Fsp3) is 0.464. The van der Waals surface area contributed by atoms with Crippen molar-refractivity contribution in [2.24, 2.45) is 0 Å². The van der Waals surface area contributed by atoms with Crippen molar-refractivity contribution in [3.8, 4) is 6.01 Å². The summed E-state index contributed by atoms with van der Waals surface area (Å²) in [5.41, 5.74) is 3.12. The standard InChI is InChI=1S/C28H35ClN6O3/c1-3-34(16-13-30-28(36)37)26-21-12-15-35(24-11-5-8-19-7-4-10-22(29)25(19)24)17-23(21)31-27(32-26)38-18-20-9-6-14-33(20)2/h4-5,7-8,10-11,20,30H,3,6,9,12-18H2,1-2H3,(H,36,37)/t20-/m0/s1. The van der Waals surface area contributed by atoms with Crippen LogP contribution in [0.25, 0.3) is 10.8 Å². The minimum Gasteiger partial charge on any atom is -0.465 e. The number of nitrogens with zero attached hydrogens (tertiary/aromatic N) is 5. The molecule has 1 atom stereocenters. The molecule has 1 amide bonds. The number of carbonyl (C=O) groups is 1. The van der Waals surface area contributed by atoms with Crippen LogP contribution in [0.3, 0.4) is 0 Å². The van der Waals surface area contributed by atoms with Gasteiger partial charge in [-0.1, -0.05) is 35.9 Å². The lowest BCUT2D eigenvalue weighted by Crippen LogP contribution is -2.38. The largest absolute Gasteiger partial charge is 0.465 e. The molecule has 0 bridgehead atoms. The Morgan fingerprint density at radius 1 is 1.24 bits per heavy atom. The molecule has 0 saturated carbocycles. The number of fused-ring (bicyclic) bond motifs is 2. The van der Waals surface area contributed by atoms with Gasteiger partial charge in [-0.2, -0.15) is 9.97 Å². The third-order valence-corrected chi connectivity index (χ3v) is 7.93. The van der Waals surface area contributed by atoms with Crippen molar-refractivity contribution in [2.45, 2.75) is 38.8 Å². The number of benzene rings is 2. The summed E-state index contributed by atoms with van der Waals surface area (Å²) in [6.45, 7) is 6.60. The quantitative estimate of drug-likeness (QED) is 0.414. The maximum Gasteiger partial charge on any atom is 0.404 e. The SMILES string of the molecule is CCN(CCNC(=O)O)c1nc(OC[C@@H]2CCCN2C)nc2c1CCN(c1cccc3cccc(Cl)c13)C2. The van der Waals surface area contributed by atoms with Crippen LogP contribution in [0.2, 0.25) is 5.02 Å². The maximum atomic E-state index is 11.0. The molecular weight excluding hydrogens is 504 g/mol. The van der Waals surface area contributed by atoms with Crippen molar-refractivity contribution in [1.82, 2.24) is 20.2 Å². The van der Waals surface area contributed by atoms with Gasteiger partial charge in [-0.25, -0.2) is 4.79 Å². The highest BCUT2D eigenvalue weighted by Gasteiger charge is 2.28. The number of likely N-dealkylation sites (N-methyl/N-ethyl adjacent to an activating group) is 2. The van der Waals surface area contributed by atoms with E-state index < -0.39 is 6.09 Å². The number of rotatable bonds is 9. The number of hydrogen-bond donors (Lipinski definition) is 2. The number of anilines is 2. The summed E-state index contributed by atoms with van der Waals surface area (Å²) in [5, 5.41) is 14.4. The highest BCUT2D eigenvalue weighted by atomic mass is 35.5. The Morgan fingerprint density at radius 3 is 2.79 bits per heavy atom. The number of aromatic nitrogens is 2. The number of amides is 1. The number of carboxylic acid groups (broad SMARTS) is 1. The second-order valence-corrected chi connectivity index (χ2v) is 10.3. The normalized spacial score (nSPS) is 17.4. The molecule has 2 aliphatic heterocycles. The van der Waals surface area contributed by atoms with E-state index in [1.54, 1.807) is 0 Å². The van der Waals surface area contributed by atoms with E-state index in [1.807, 2.05) is 12.1 Å². The van der Waals surface area contributed by atoms with E-state index >= 15 is 0 Å². The first-order valence-electron chi connectivity index (χ1n) is 13.3. The van der Waals surface area contributed by atoms with E-state index in [1.165, 1.54) is 6.42 Å². The van der Waals surface area contributed by atoms with Crippen molar-refractivity contribution in [3.05, 3.63) is 52.7 Å². The van der Waals surface area contributed by atoms with Crippen LogP contribution in [-0.2, 0) is 13.0 Å². The van der Waals surface area contributed by atoms with Gasteiger partial charge in [0.1, 0.15) is 12.4 Å². The summed E-state index contributed by atoms with van der Waals surface area (Å²) < 4.78 is 6.19. The van der Waals surface area contributed by atoms with Crippen molar-refractivity contribution in [2.75, 3.05) is 56.2 Å². The van der Waals surface area contributed by atoms with Crippen LogP contribution in [0.1, 0.15) is 31.0 Å². The van der Waals surface area contributed by atoms with Crippen LogP contribution in [0.15, 0.2) is 36.4 Å². The molecule has 0 radical (unpaired) electrons. The number of halogens is 1. The monoisotopic (exact) mass is 538 g/mol. The molecule has 1 aromatic heterocycles. The van der Waals surface area contributed by atoms with E-state index in [0.717, 1.165) is 64.5 Å². The summed E-state index contributed by atoms with van der Waals surface area (Å²) in [6, 6.07) is 13.0. The Morgan fingerprint density at radius 2 is 2.05 bits per heavy atom. The van der Waals surface area contributed by atoms with E-state index in [4.69, 9.17) is 31.4 Å². The fourth-order valence-corrected chi connectivity index (χ4v) is 5.81. The van der Waals surface area contributed by atoms with Crippen LogP contribution in [0, 0.1) is 0 Å². The molecular formula is C28H35ClN6O3. The first kappa shape index (κ1) is 26.3. The maximum absolute atomic E-state index is 11.0. The molecule has 3 aromatic rings. The molecule has 10 heteroatoms. The van der Waals surface area contributed by atoms with E-state index in [9.17, 15) is 4.79 Å². The Bertz CT molecular complexity index is 1300. The molecule has 3 heterocycles. The van der Waals surface area contributed by atoms with Gasteiger partial charge in [0.15, 0.2) is 0 Å². The van der Waals surface area contributed by atoms with Crippen molar-refractivity contribution in [1.29, 1.82) is 0 Å². The summed E-state index contributed by atoms with van der Waals surface area (Å²) in [5.74, 6) is 0.829. The molecule has 2 aromatic carbocycles. The molecule has 5 rings (SSSR count). The van der Waals surface area contributed by atoms with Gasteiger partial charge < -0.3 is 29.9 Å². The molecule has 38 heavy (non-hydrogen) atoms. The van der Waals surface area contributed by atoms with Gasteiger partial charge in [0.25, 0.3) is 0 Å². The fourth-order valence-electron chi connectivity index (χ4n) is 5.53.